The summed E-state index contributed by atoms with van der Waals surface area (Å²) >= 11 is 0. The molecule has 1 unspecified atom stereocenters. The molecule has 0 aliphatic carbocycles. The Bertz CT molecular complexity index is 392. The van der Waals surface area contributed by atoms with E-state index in [1.165, 1.54) is 10.9 Å². The summed E-state index contributed by atoms with van der Waals surface area (Å²) in [6.45, 7) is 2.07. The van der Waals surface area contributed by atoms with Crippen molar-refractivity contribution in [3.05, 3.63) is 23.8 Å². The lowest BCUT2D eigenvalue weighted by Crippen LogP contribution is -1.89. The highest BCUT2D eigenvalue weighted by molar-refractivity contribution is 7.27. The molecular weight excluding hydrogens is 155 g/mol. The largest absolute Gasteiger partial charge is 0.277 e. The first-order chi connectivity index (χ1) is 5.29. The van der Waals surface area contributed by atoms with E-state index in [9.17, 15) is 0 Å². The number of nitrogens with zero attached hydrogens (tertiary/aromatic N) is 1. The summed E-state index contributed by atoms with van der Waals surface area (Å²) < 4.78 is 0. The van der Waals surface area contributed by atoms with Gasteiger partial charge in [0, 0.05) is 5.39 Å². The lowest BCUT2D eigenvalue weighted by atomic mass is 10.2. The summed E-state index contributed by atoms with van der Waals surface area (Å²) in [5.74, 6) is 0. The minimum absolute atomic E-state index is 0.990. The van der Waals surface area contributed by atoms with Crippen LogP contribution >= 0.6 is 9.24 Å². The molecule has 1 aromatic carbocycles. The first-order valence-electron chi connectivity index (χ1n) is 3.48. The number of benzene rings is 1. The second-order valence-electron chi connectivity index (χ2n) is 2.61. The van der Waals surface area contributed by atoms with Gasteiger partial charge < -0.3 is 0 Å². The Morgan fingerprint density at radius 1 is 1.45 bits per heavy atom. The van der Waals surface area contributed by atoms with Gasteiger partial charge in [0.15, 0.2) is 0 Å². The lowest BCUT2D eigenvalue weighted by Gasteiger charge is -1.92. The Hall–Kier alpha value is -0.880. The van der Waals surface area contributed by atoms with Crippen LogP contribution in [0.4, 0.5) is 0 Å². The monoisotopic (exact) mass is 164 g/mol. The van der Waals surface area contributed by atoms with Crippen molar-refractivity contribution >= 4 is 25.6 Å². The molecule has 2 aromatic rings. The van der Waals surface area contributed by atoms with Crippen molar-refractivity contribution < 1.29 is 0 Å². The number of para-hydroxylation sites is 1. The number of H-pyrrole nitrogens is 1. The van der Waals surface area contributed by atoms with E-state index in [-0.39, 0.29) is 0 Å². The van der Waals surface area contributed by atoms with Gasteiger partial charge in [0.05, 0.1) is 11.0 Å². The van der Waals surface area contributed by atoms with Gasteiger partial charge in [-0.1, -0.05) is 27.4 Å². The summed E-state index contributed by atoms with van der Waals surface area (Å²) in [6, 6.07) is 6.18. The van der Waals surface area contributed by atoms with Gasteiger partial charge in [-0.3, -0.25) is 5.10 Å². The van der Waals surface area contributed by atoms with Crippen LogP contribution in [0.5, 0.6) is 0 Å². The van der Waals surface area contributed by atoms with Crippen LogP contribution < -0.4 is 5.44 Å². The Labute approximate surface area is 67.2 Å². The van der Waals surface area contributed by atoms with Crippen LogP contribution in [0.1, 0.15) is 5.56 Å². The van der Waals surface area contributed by atoms with Crippen LogP contribution in [0.3, 0.4) is 0 Å². The summed E-state index contributed by atoms with van der Waals surface area (Å²) in [5.41, 5.74) is 3.37. The Kier molecular flexibility index (Phi) is 1.43. The molecule has 0 radical (unpaired) electrons. The van der Waals surface area contributed by atoms with Gasteiger partial charge in [-0.15, -0.1) is 0 Å². The van der Waals surface area contributed by atoms with Gasteiger partial charge in [0.2, 0.25) is 0 Å². The number of aromatic nitrogens is 2. The highest BCUT2D eigenvalue weighted by Gasteiger charge is 2.00. The number of rotatable bonds is 0. The molecule has 0 aliphatic rings. The summed E-state index contributed by atoms with van der Waals surface area (Å²) in [4.78, 5) is 0. The molecule has 2 nitrogen and oxygen atoms in total. The van der Waals surface area contributed by atoms with Crippen LogP contribution in [0, 0.1) is 6.92 Å². The van der Waals surface area contributed by atoms with Crippen molar-refractivity contribution in [3.63, 3.8) is 0 Å². The van der Waals surface area contributed by atoms with E-state index in [4.69, 9.17) is 0 Å². The van der Waals surface area contributed by atoms with Crippen molar-refractivity contribution in [1.29, 1.82) is 0 Å². The second kappa shape index (κ2) is 2.31. The third-order valence-electron chi connectivity index (χ3n) is 1.84. The number of aryl methyl sites for hydroxylation is 1. The zero-order chi connectivity index (χ0) is 7.84. The fraction of sp³-hybridized carbons (Fsp3) is 0.125. The fourth-order valence-corrected chi connectivity index (χ4v) is 1.51. The molecule has 56 valence electrons. The van der Waals surface area contributed by atoms with E-state index < -0.39 is 0 Å². The van der Waals surface area contributed by atoms with Gasteiger partial charge in [0.1, 0.15) is 0 Å². The molecule has 1 atom stereocenters. The van der Waals surface area contributed by atoms with Crippen LogP contribution in [-0.4, -0.2) is 10.2 Å². The minimum Gasteiger partial charge on any atom is -0.277 e. The average molecular weight is 164 g/mol. The summed E-state index contributed by atoms with van der Waals surface area (Å²) in [7, 11) is 2.61. The third-order valence-corrected chi connectivity index (χ3v) is 2.28. The van der Waals surface area contributed by atoms with E-state index in [0.29, 0.717) is 0 Å². The first-order valence-corrected chi connectivity index (χ1v) is 4.06. The highest BCUT2D eigenvalue weighted by atomic mass is 31.0. The molecule has 0 fully saturated rings. The number of fused-ring (bicyclic) bond motifs is 1. The Morgan fingerprint density at radius 2 is 2.27 bits per heavy atom. The second-order valence-corrected chi connectivity index (χ2v) is 3.15. The molecule has 2 rings (SSSR count). The molecule has 0 saturated heterocycles. The molecule has 11 heavy (non-hydrogen) atoms. The van der Waals surface area contributed by atoms with Crippen molar-refractivity contribution in [2.75, 3.05) is 0 Å². The zero-order valence-electron chi connectivity index (χ0n) is 6.26. The number of hydrogen-bond donors (Lipinski definition) is 1. The van der Waals surface area contributed by atoms with Crippen LogP contribution in [0.25, 0.3) is 10.9 Å². The third kappa shape index (κ3) is 0.945. The molecule has 3 heteroatoms. The number of aromatic amines is 1. The molecule has 0 bridgehead atoms. The summed E-state index contributed by atoms with van der Waals surface area (Å²) in [5, 5.41) is 8.27. The fourth-order valence-electron chi connectivity index (χ4n) is 1.21. The van der Waals surface area contributed by atoms with Crippen molar-refractivity contribution in [3.8, 4) is 0 Å². The van der Waals surface area contributed by atoms with E-state index in [2.05, 4.69) is 38.5 Å². The van der Waals surface area contributed by atoms with E-state index in [1.54, 1.807) is 0 Å². The lowest BCUT2D eigenvalue weighted by molar-refractivity contribution is 1.14. The predicted molar refractivity (Wildman–Crippen MR) is 50.2 cm³/mol. The van der Waals surface area contributed by atoms with E-state index in [1.807, 2.05) is 6.07 Å². The van der Waals surface area contributed by atoms with Gasteiger partial charge in [-0.2, -0.15) is 5.10 Å². The quantitative estimate of drug-likeness (QED) is 0.585. The average Bonchev–Trinajstić information content (AvgIpc) is 2.35. The van der Waals surface area contributed by atoms with Gasteiger partial charge >= 0.3 is 0 Å². The number of hydrogen-bond acceptors (Lipinski definition) is 1. The number of nitrogens with one attached hydrogen (secondary N) is 1. The van der Waals surface area contributed by atoms with Crippen molar-refractivity contribution in [2.45, 2.75) is 6.92 Å². The molecule has 0 aliphatic heterocycles. The maximum Gasteiger partial charge on any atom is 0.0864 e. The van der Waals surface area contributed by atoms with Gasteiger partial charge in [0.25, 0.3) is 0 Å². The zero-order valence-corrected chi connectivity index (χ0v) is 7.41. The standard InChI is InChI=1S/C8H9N2P/c1-5-3-2-4-6-7(5)9-10-8(6)11/h2-4H,11H2,1H3,(H,9,10). The first kappa shape index (κ1) is 6.81. The Balaban J connectivity index is 2.94. The van der Waals surface area contributed by atoms with Crippen molar-refractivity contribution in [2.24, 2.45) is 0 Å². The minimum atomic E-state index is 0.990. The van der Waals surface area contributed by atoms with Crippen molar-refractivity contribution in [1.82, 2.24) is 10.2 Å². The topological polar surface area (TPSA) is 28.7 Å². The molecular formula is C8H9N2P. The molecule has 0 saturated carbocycles. The SMILES string of the molecule is Cc1cccc2c(P)n[nH]c12. The Morgan fingerprint density at radius 3 is 3.00 bits per heavy atom. The smallest absolute Gasteiger partial charge is 0.0864 e. The molecule has 0 amide bonds. The van der Waals surface area contributed by atoms with Crippen LogP contribution in [0.2, 0.25) is 0 Å². The maximum atomic E-state index is 4.09. The normalized spacial score (nSPS) is 10.7. The van der Waals surface area contributed by atoms with Gasteiger partial charge in [-0.25, -0.2) is 0 Å². The molecule has 1 aromatic heterocycles. The molecule has 1 heterocycles. The van der Waals surface area contributed by atoms with Crippen LogP contribution in [-0.2, 0) is 0 Å². The molecule has 0 spiro atoms. The van der Waals surface area contributed by atoms with E-state index in [0.717, 1.165) is 11.0 Å². The molecule has 1 N–H and O–H groups in total. The summed E-state index contributed by atoms with van der Waals surface area (Å²) in [6.07, 6.45) is 0. The van der Waals surface area contributed by atoms with Gasteiger partial charge in [-0.05, 0) is 12.5 Å². The highest BCUT2D eigenvalue weighted by Crippen LogP contribution is 2.13. The van der Waals surface area contributed by atoms with E-state index >= 15 is 0 Å². The van der Waals surface area contributed by atoms with Crippen LogP contribution in [0.15, 0.2) is 18.2 Å². The predicted octanol–water partition coefficient (Wildman–Crippen LogP) is 1.37. The maximum absolute atomic E-state index is 4.09.